The van der Waals surface area contributed by atoms with E-state index in [1.165, 1.54) is 0 Å². The SMILES string of the molecule is OC1CN(c2nc(NCCc3nn[nH]n3)cc([C@@H]3CCOC3)n2)C1. The molecule has 2 aliphatic rings. The minimum Gasteiger partial charge on any atom is -0.389 e. The first kappa shape index (κ1) is 15.2. The van der Waals surface area contributed by atoms with Crippen LogP contribution in [0.3, 0.4) is 0 Å². The van der Waals surface area contributed by atoms with E-state index in [0.717, 1.165) is 24.5 Å². The maximum Gasteiger partial charge on any atom is 0.227 e. The Bertz CT molecular complexity index is 667. The number of rotatable bonds is 6. The fraction of sp³-hybridized carbons (Fsp3) is 0.643. The summed E-state index contributed by atoms with van der Waals surface area (Å²) in [5, 5.41) is 26.7. The molecule has 0 radical (unpaired) electrons. The number of aliphatic hydroxyl groups excluding tert-OH is 1. The minimum atomic E-state index is -0.290. The number of tetrazole rings is 1. The molecule has 10 nitrogen and oxygen atoms in total. The number of nitrogens with zero attached hydrogens (tertiary/aromatic N) is 6. The number of nitrogens with one attached hydrogen (secondary N) is 2. The molecule has 4 rings (SSSR count). The maximum atomic E-state index is 9.52. The third-order valence-corrected chi connectivity index (χ3v) is 4.27. The van der Waals surface area contributed by atoms with Gasteiger partial charge >= 0.3 is 0 Å². The number of hydrogen-bond acceptors (Lipinski definition) is 9. The zero-order chi connectivity index (χ0) is 16.4. The van der Waals surface area contributed by atoms with Crippen LogP contribution in [0, 0.1) is 0 Å². The molecule has 0 unspecified atom stereocenters. The topological polar surface area (TPSA) is 125 Å². The zero-order valence-electron chi connectivity index (χ0n) is 13.2. The van der Waals surface area contributed by atoms with E-state index in [9.17, 15) is 5.11 Å². The highest BCUT2D eigenvalue weighted by Gasteiger charge is 2.28. The highest BCUT2D eigenvalue weighted by molar-refractivity contribution is 5.46. The lowest BCUT2D eigenvalue weighted by Crippen LogP contribution is -2.51. The second kappa shape index (κ2) is 6.65. The third-order valence-electron chi connectivity index (χ3n) is 4.27. The van der Waals surface area contributed by atoms with Gasteiger partial charge in [-0.1, -0.05) is 5.21 Å². The van der Waals surface area contributed by atoms with Crippen LogP contribution in [-0.4, -0.2) is 74.7 Å². The van der Waals surface area contributed by atoms with E-state index in [4.69, 9.17) is 4.74 Å². The average Bonchev–Trinajstić information content (AvgIpc) is 3.25. The molecular formula is C14H20N8O2. The van der Waals surface area contributed by atoms with Crippen LogP contribution in [0.15, 0.2) is 6.07 Å². The van der Waals surface area contributed by atoms with Crippen LogP contribution in [0.5, 0.6) is 0 Å². The van der Waals surface area contributed by atoms with Crippen molar-refractivity contribution in [2.75, 3.05) is 43.1 Å². The molecule has 2 aliphatic heterocycles. The van der Waals surface area contributed by atoms with Crippen LogP contribution in [-0.2, 0) is 11.2 Å². The quantitative estimate of drug-likeness (QED) is 0.631. The average molecular weight is 332 g/mol. The van der Waals surface area contributed by atoms with Gasteiger partial charge in [-0.3, -0.25) is 0 Å². The van der Waals surface area contributed by atoms with Crippen molar-refractivity contribution in [1.82, 2.24) is 30.6 Å². The van der Waals surface area contributed by atoms with Gasteiger partial charge in [0.1, 0.15) is 5.82 Å². The monoisotopic (exact) mass is 332 g/mol. The fourth-order valence-electron chi connectivity index (χ4n) is 2.87. The summed E-state index contributed by atoms with van der Waals surface area (Å²) in [7, 11) is 0. The van der Waals surface area contributed by atoms with Crippen molar-refractivity contribution in [3.63, 3.8) is 0 Å². The molecule has 2 saturated heterocycles. The Morgan fingerprint density at radius 3 is 3.00 bits per heavy atom. The van der Waals surface area contributed by atoms with E-state index in [1.54, 1.807) is 0 Å². The number of aliphatic hydroxyl groups is 1. The van der Waals surface area contributed by atoms with Crippen LogP contribution in [0.2, 0.25) is 0 Å². The summed E-state index contributed by atoms with van der Waals surface area (Å²) in [6.07, 6.45) is 1.34. The van der Waals surface area contributed by atoms with Gasteiger partial charge in [0.15, 0.2) is 5.82 Å². The third kappa shape index (κ3) is 3.29. The lowest BCUT2D eigenvalue weighted by molar-refractivity contribution is 0.140. The van der Waals surface area contributed by atoms with Crippen molar-refractivity contribution in [3.8, 4) is 0 Å². The lowest BCUT2D eigenvalue weighted by Gasteiger charge is -2.36. The molecule has 0 bridgehead atoms. The number of aromatic amines is 1. The summed E-state index contributed by atoms with van der Waals surface area (Å²) >= 11 is 0. The zero-order valence-corrected chi connectivity index (χ0v) is 13.2. The van der Waals surface area contributed by atoms with Gasteiger partial charge < -0.3 is 20.1 Å². The van der Waals surface area contributed by atoms with Gasteiger partial charge in [-0.25, -0.2) is 4.98 Å². The molecule has 0 aromatic carbocycles. The highest BCUT2D eigenvalue weighted by atomic mass is 16.5. The molecule has 0 saturated carbocycles. The molecule has 10 heteroatoms. The number of ether oxygens (including phenoxy) is 1. The van der Waals surface area contributed by atoms with Crippen molar-refractivity contribution in [2.45, 2.75) is 24.9 Å². The summed E-state index contributed by atoms with van der Waals surface area (Å²) in [6, 6.07) is 1.98. The molecule has 24 heavy (non-hydrogen) atoms. The summed E-state index contributed by atoms with van der Waals surface area (Å²) < 4.78 is 5.48. The highest BCUT2D eigenvalue weighted by Crippen LogP contribution is 2.28. The summed E-state index contributed by atoms with van der Waals surface area (Å²) in [5.41, 5.74) is 0.987. The van der Waals surface area contributed by atoms with E-state index >= 15 is 0 Å². The number of H-pyrrole nitrogens is 1. The van der Waals surface area contributed by atoms with Crippen molar-refractivity contribution in [2.24, 2.45) is 0 Å². The van der Waals surface area contributed by atoms with Gasteiger partial charge in [0.25, 0.3) is 0 Å². The minimum absolute atomic E-state index is 0.290. The van der Waals surface area contributed by atoms with Crippen molar-refractivity contribution < 1.29 is 9.84 Å². The number of β-amino-alcohol motifs (C(OH)–C–C–N with tert-alkyl or cyclic N) is 1. The first-order valence-electron chi connectivity index (χ1n) is 8.14. The van der Waals surface area contributed by atoms with Crippen molar-refractivity contribution >= 4 is 11.8 Å². The van der Waals surface area contributed by atoms with Crippen LogP contribution in [0.4, 0.5) is 11.8 Å². The molecule has 2 aromatic rings. The Labute approximate surface area is 138 Å². The molecule has 2 fully saturated rings. The van der Waals surface area contributed by atoms with Gasteiger partial charge in [-0.05, 0) is 6.42 Å². The first-order chi connectivity index (χ1) is 11.8. The molecule has 3 N–H and O–H groups in total. The van der Waals surface area contributed by atoms with Crippen LogP contribution in [0.1, 0.15) is 23.9 Å². The molecule has 1 atom stereocenters. The molecule has 0 aliphatic carbocycles. The van der Waals surface area contributed by atoms with E-state index in [1.807, 2.05) is 11.0 Å². The maximum absolute atomic E-state index is 9.52. The molecule has 128 valence electrons. The predicted molar refractivity (Wildman–Crippen MR) is 84.8 cm³/mol. The molecule has 0 amide bonds. The second-order valence-electron chi connectivity index (χ2n) is 6.10. The summed E-state index contributed by atoms with van der Waals surface area (Å²) in [4.78, 5) is 11.2. The van der Waals surface area contributed by atoms with Crippen LogP contribution >= 0.6 is 0 Å². The predicted octanol–water partition coefficient (Wildman–Crippen LogP) is -0.671. The van der Waals surface area contributed by atoms with E-state index < -0.39 is 0 Å². The Morgan fingerprint density at radius 2 is 2.29 bits per heavy atom. The number of hydrogen-bond donors (Lipinski definition) is 3. The Balaban J connectivity index is 1.48. The molecule has 0 spiro atoms. The fourth-order valence-corrected chi connectivity index (χ4v) is 2.87. The van der Waals surface area contributed by atoms with Crippen molar-refractivity contribution in [1.29, 1.82) is 0 Å². The molecule has 2 aromatic heterocycles. The normalized spacial score (nSPS) is 21.0. The Hall–Kier alpha value is -2.33. The smallest absolute Gasteiger partial charge is 0.227 e. The van der Waals surface area contributed by atoms with Gasteiger partial charge in [0.05, 0.1) is 18.4 Å². The Kier molecular flexibility index (Phi) is 4.22. The largest absolute Gasteiger partial charge is 0.389 e. The van der Waals surface area contributed by atoms with Gasteiger partial charge in [-0.2, -0.15) is 10.2 Å². The van der Waals surface area contributed by atoms with Gasteiger partial charge in [0, 0.05) is 44.6 Å². The van der Waals surface area contributed by atoms with Crippen LogP contribution < -0.4 is 10.2 Å². The van der Waals surface area contributed by atoms with E-state index in [-0.39, 0.29) is 6.10 Å². The Morgan fingerprint density at radius 1 is 1.38 bits per heavy atom. The van der Waals surface area contributed by atoms with Gasteiger partial charge in [-0.15, -0.1) is 10.2 Å². The second-order valence-corrected chi connectivity index (χ2v) is 6.10. The number of aromatic nitrogens is 6. The lowest BCUT2D eigenvalue weighted by atomic mass is 10.0. The summed E-state index contributed by atoms with van der Waals surface area (Å²) in [5.74, 6) is 2.39. The number of anilines is 2. The van der Waals surface area contributed by atoms with E-state index in [2.05, 4.69) is 35.9 Å². The summed E-state index contributed by atoms with van der Waals surface area (Å²) in [6.45, 7) is 3.27. The first-order valence-corrected chi connectivity index (χ1v) is 8.14. The molecular weight excluding hydrogens is 312 g/mol. The van der Waals surface area contributed by atoms with Crippen molar-refractivity contribution in [3.05, 3.63) is 17.6 Å². The standard InChI is InChI=1S/C14H20N8O2/c23-10-6-22(7-10)14-16-11(9-2-4-24-8-9)5-13(17-14)15-3-1-12-18-20-21-19-12/h5,9-10,23H,1-4,6-8H2,(H,15,16,17)(H,18,19,20,21)/t9-/m1/s1. The van der Waals surface area contributed by atoms with Crippen LogP contribution in [0.25, 0.3) is 0 Å². The molecule has 4 heterocycles. The van der Waals surface area contributed by atoms with E-state index in [0.29, 0.717) is 50.4 Å². The van der Waals surface area contributed by atoms with Gasteiger partial charge in [0.2, 0.25) is 5.95 Å².